The summed E-state index contributed by atoms with van der Waals surface area (Å²) in [5.41, 5.74) is 1.90. The van der Waals surface area contributed by atoms with E-state index in [2.05, 4.69) is 20.4 Å². The van der Waals surface area contributed by atoms with Crippen LogP contribution < -0.4 is 5.32 Å². The molecule has 0 atom stereocenters. The second kappa shape index (κ2) is 8.11. The molecule has 1 aliphatic rings. The number of nitrogens with one attached hydrogen (secondary N) is 1. The van der Waals surface area contributed by atoms with E-state index in [0.717, 1.165) is 37.3 Å². The largest absolute Gasteiger partial charge is 0.476 e. The molecule has 3 rings (SSSR count). The van der Waals surface area contributed by atoms with Crippen molar-refractivity contribution in [3.05, 3.63) is 35.5 Å². The highest BCUT2D eigenvalue weighted by molar-refractivity contribution is 5.91. The van der Waals surface area contributed by atoms with Crippen LogP contribution in [0.1, 0.15) is 41.7 Å². The van der Waals surface area contributed by atoms with E-state index in [1.165, 1.54) is 24.1 Å². The Balaban J connectivity index is 1.62. The summed E-state index contributed by atoms with van der Waals surface area (Å²) in [6, 6.07) is 7.73. The summed E-state index contributed by atoms with van der Waals surface area (Å²) in [5, 5.41) is 20.9. The maximum Gasteiger partial charge on any atom is 0.360 e. The number of aromatic carboxylic acids is 1. The molecule has 1 aromatic carbocycles. The number of anilines is 2. The van der Waals surface area contributed by atoms with E-state index >= 15 is 0 Å². The molecule has 7 nitrogen and oxygen atoms in total. The fourth-order valence-corrected chi connectivity index (χ4v) is 3.07. The highest BCUT2D eigenvalue weighted by atomic mass is 16.4. The number of carboxylic acids is 1. The molecule has 0 amide bonds. The van der Waals surface area contributed by atoms with Crippen molar-refractivity contribution in [1.29, 1.82) is 0 Å². The van der Waals surface area contributed by atoms with Crippen molar-refractivity contribution in [3.63, 3.8) is 0 Å². The van der Waals surface area contributed by atoms with Crippen LogP contribution in [0.5, 0.6) is 0 Å². The summed E-state index contributed by atoms with van der Waals surface area (Å²) >= 11 is 0. The number of rotatable bonds is 7. The molecule has 1 fully saturated rings. The van der Waals surface area contributed by atoms with Gasteiger partial charge in [0.05, 0.1) is 6.54 Å². The number of nitrogens with zero attached hydrogens (tertiary/aromatic N) is 4. The number of benzene rings is 1. The normalized spacial score (nSPS) is 15.2. The Bertz CT molecular complexity index is 705. The third kappa shape index (κ3) is 4.79. The van der Waals surface area contributed by atoms with Crippen LogP contribution in [0.15, 0.2) is 24.3 Å². The van der Waals surface area contributed by atoms with Crippen LogP contribution in [0.2, 0.25) is 0 Å². The van der Waals surface area contributed by atoms with Gasteiger partial charge in [-0.3, -0.25) is 0 Å². The average Bonchev–Trinajstić information content (AvgIpc) is 3.01. The second-order valence-corrected chi connectivity index (χ2v) is 6.55. The van der Waals surface area contributed by atoms with Gasteiger partial charge in [-0.25, -0.2) is 4.79 Å². The van der Waals surface area contributed by atoms with Crippen LogP contribution in [0, 0.1) is 6.92 Å². The molecule has 1 aliphatic heterocycles. The topological polar surface area (TPSA) is 83.3 Å². The quantitative estimate of drug-likeness (QED) is 0.804. The lowest BCUT2D eigenvalue weighted by molar-refractivity contribution is 0.0690. The van der Waals surface area contributed by atoms with Crippen molar-refractivity contribution in [2.75, 3.05) is 25.0 Å². The van der Waals surface area contributed by atoms with Gasteiger partial charge in [0, 0.05) is 5.69 Å². The number of carbonyl (C=O) groups is 1. The molecule has 1 aromatic heterocycles. The first-order valence-electron chi connectivity index (χ1n) is 8.86. The Morgan fingerprint density at radius 1 is 1.12 bits per heavy atom. The predicted octanol–water partition coefficient (Wildman–Crippen LogP) is 2.90. The monoisotopic (exact) mass is 343 g/mol. The van der Waals surface area contributed by atoms with Gasteiger partial charge in [0.2, 0.25) is 5.69 Å². The minimum absolute atomic E-state index is 0.0430. The van der Waals surface area contributed by atoms with Gasteiger partial charge in [-0.15, -0.1) is 10.2 Å². The van der Waals surface area contributed by atoms with E-state index in [4.69, 9.17) is 0 Å². The van der Waals surface area contributed by atoms with Crippen molar-refractivity contribution in [1.82, 2.24) is 19.9 Å². The van der Waals surface area contributed by atoms with Gasteiger partial charge in [-0.2, -0.15) is 4.80 Å². The van der Waals surface area contributed by atoms with Gasteiger partial charge in [0.1, 0.15) is 0 Å². The van der Waals surface area contributed by atoms with Crippen LogP contribution in [0.25, 0.3) is 0 Å². The first-order chi connectivity index (χ1) is 12.1. The average molecular weight is 343 g/mol. The fraction of sp³-hybridized carbons (Fsp3) is 0.500. The van der Waals surface area contributed by atoms with E-state index in [1.807, 2.05) is 31.2 Å². The van der Waals surface area contributed by atoms with Gasteiger partial charge in [-0.1, -0.05) is 24.1 Å². The molecule has 0 spiro atoms. The second-order valence-electron chi connectivity index (χ2n) is 6.55. The van der Waals surface area contributed by atoms with Gasteiger partial charge in [-0.05, 0) is 58.0 Å². The molecule has 0 aliphatic carbocycles. The summed E-state index contributed by atoms with van der Waals surface area (Å²) < 4.78 is 0. The molecule has 25 heavy (non-hydrogen) atoms. The zero-order valence-corrected chi connectivity index (χ0v) is 14.6. The number of aryl methyl sites for hydroxylation is 2. The van der Waals surface area contributed by atoms with E-state index in [0.29, 0.717) is 6.54 Å². The lowest BCUT2D eigenvalue weighted by atomic mass is 10.1. The van der Waals surface area contributed by atoms with Gasteiger partial charge < -0.3 is 15.3 Å². The Labute approximate surface area is 147 Å². The minimum atomic E-state index is -1.07. The number of piperidine rings is 1. The maximum atomic E-state index is 11.4. The van der Waals surface area contributed by atoms with Crippen LogP contribution in [0.4, 0.5) is 11.5 Å². The Hall–Kier alpha value is -2.41. The summed E-state index contributed by atoms with van der Waals surface area (Å²) in [6.07, 6.45) is 4.78. The molecule has 134 valence electrons. The third-order valence-electron chi connectivity index (χ3n) is 4.45. The van der Waals surface area contributed by atoms with Crippen molar-refractivity contribution < 1.29 is 9.90 Å². The highest BCUT2D eigenvalue weighted by Gasteiger charge is 2.18. The van der Waals surface area contributed by atoms with E-state index in [1.54, 1.807) is 0 Å². The number of aromatic nitrogens is 3. The number of hydrogen-bond acceptors (Lipinski definition) is 5. The van der Waals surface area contributed by atoms with Crippen LogP contribution in [0.3, 0.4) is 0 Å². The summed E-state index contributed by atoms with van der Waals surface area (Å²) in [7, 11) is 0. The minimum Gasteiger partial charge on any atom is -0.476 e. The Kier molecular flexibility index (Phi) is 5.65. The van der Waals surface area contributed by atoms with Crippen LogP contribution >= 0.6 is 0 Å². The van der Waals surface area contributed by atoms with E-state index in [9.17, 15) is 9.90 Å². The number of carboxylic acid groups (broad SMARTS) is 1. The first-order valence-corrected chi connectivity index (χ1v) is 8.86. The van der Waals surface area contributed by atoms with Gasteiger partial charge in [0.25, 0.3) is 0 Å². The molecular weight excluding hydrogens is 318 g/mol. The standard InChI is InChI=1S/C18H25N5O2/c1-14-6-8-15(9-7-14)19-17-16(18(24)25)20-23(21-17)13-5-12-22-10-3-2-4-11-22/h6-9H,2-5,10-13H2,1H3,(H,19,21)(H,24,25). The third-order valence-corrected chi connectivity index (χ3v) is 4.45. The predicted molar refractivity (Wildman–Crippen MR) is 96.4 cm³/mol. The van der Waals surface area contributed by atoms with Gasteiger partial charge in [0.15, 0.2) is 5.82 Å². The zero-order chi connectivity index (χ0) is 17.6. The maximum absolute atomic E-state index is 11.4. The molecule has 0 unspecified atom stereocenters. The summed E-state index contributed by atoms with van der Waals surface area (Å²) in [6.45, 7) is 5.95. The molecule has 2 N–H and O–H groups in total. The molecule has 2 heterocycles. The zero-order valence-electron chi connectivity index (χ0n) is 14.6. The SMILES string of the molecule is Cc1ccc(Nc2nn(CCCN3CCCCC3)nc2C(=O)O)cc1. The number of hydrogen-bond donors (Lipinski definition) is 2. The molecule has 7 heteroatoms. The van der Waals surface area contributed by atoms with Crippen molar-refractivity contribution in [2.24, 2.45) is 0 Å². The Morgan fingerprint density at radius 3 is 2.52 bits per heavy atom. The molecule has 2 aromatic rings. The lowest BCUT2D eigenvalue weighted by Gasteiger charge is -2.26. The smallest absolute Gasteiger partial charge is 0.360 e. The van der Waals surface area contributed by atoms with Crippen molar-refractivity contribution >= 4 is 17.5 Å². The molecule has 0 saturated carbocycles. The highest BCUT2D eigenvalue weighted by Crippen LogP contribution is 2.18. The summed E-state index contributed by atoms with van der Waals surface area (Å²) in [4.78, 5) is 15.4. The fourth-order valence-electron chi connectivity index (χ4n) is 3.07. The molecule has 0 bridgehead atoms. The van der Waals surface area contributed by atoms with Crippen LogP contribution in [-0.2, 0) is 6.54 Å². The molecule has 1 saturated heterocycles. The summed E-state index contributed by atoms with van der Waals surface area (Å²) in [5.74, 6) is -0.786. The van der Waals surface area contributed by atoms with Gasteiger partial charge >= 0.3 is 5.97 Å². The van der Waals surface area contributed by atoms with E-state index < -0.39 is 5.97 Å². The number of likely N-dealkylation sites (tertiary alicyclic amines) is 1. The lowest BCUT2D eigenvalue weighted by Crippen LogP contribution is -2.31. The van der Waals surface area contributed by atoms with Crippen molar-refractivity contribution in [3.8, 4) is 0 Å². The Morgan fingerprint density at radius 2 is 1.84 bits per heavy atom. The molecule has 0 radical (unpaired) electrons. The van der Waals surface area contributed by atoms with Crippen molar-refractivity contribution in [2.45, 2.75) is 39.2 Å². The first kappa shape index (κ1) is 17.4. The van der Waals surface area contributed by atoms with Crippen LogP contribution in [-0.4, -0.2) is 50.6 Å². The van der Waals surface area contributed by atoms with E-state index in [-0.39, 0.29) is 11.5 Å². The molecular formula is C18H25N5O2.